The predicted octanol–water partition coefficient (Wildman–Crippen LogP) is 3.87. The molecule has 2 aromatic heterocycles. The number of amides is 1. The zero-order chi connectivity index (χ0) is 21.8. The lowest BCUT2D eigenvalue weighted by atomic mass is 9.98. The van der Waals surface area contributed by atoms with E-state index in [-0.39, 0.29) is 6.09 Å². The molecule has 4 rings (SSSR count). The number of ether oxygens (including phenoxy) is 2. The Hall–Kier alpha value is -3.01. The summed E-state index contributed by atoms with van der Waals surface area (Å²) in [6.07, 6.45) is 2.42. The molecule has 0 N–H and O–H groups in total. The summed E-state index contributed by atoms with van der Waals surface area (Å²) in [6, 6.07) is 9.53. The molecule has 1 atom stereocenters. The molecule has 1 amide bonds. The van der Waals surface area contributed by atoms with Gasteiger partial charge in [0.1, 0.15) is 23.4 Å². The maximum atomic E-state index is 12.3. The van der Waals surface area contributed by atoms with Gasteiger partial charge in [0.2, 0.25) is 6.23 Å². The van der Waals surface area contributed by atoms with Crippen LogP contribution in [0.4, 0.5) is 4.79 Å². The number of nitrogens with zero attached hydrogens (tertiary/aromatic N) is 6. The molecule has 1 saturated heterocycles. The van der Waals surface area contributed by atoms with Gasteiger partial charge in [-0.3, -0.25) is 0 Å². The van der Waals surface area contributed by atoms with E-state index in [2.05, 4.69) is 15.5 Å². The number of carbonyl (C=O) groups excluding carboxylic acids is 1. The van der Waals surface area contributed by atoms with E-state index in [1.165, 1.54) is 6.33 Å². The van der Waals surface area contributed by atoms with Crippen LogP contribution in [0, 0.1) is 0 Å². The van der Waals surface area contributed by atoms with Gasteiger partial charge in [0.05, 0.1) is 5.01 Å². The summed E-state index contributed by atoms with van der Waals surface area (Å²) in [5.41, 5.74) is 0.271. The summed E-state index contributed by atoms with van der Waals surface area (Å²) in [4.78, 5) is 18.9. The van der Waals surface area contributed by atoms with Gasteiger partial charge in [0, 0.05) is 24.4 Å². The fourth-order valence-electron chi connectivity index (χ4n) is 3.39. The number of thiazole rings is 1. The van der Waals surface area contributed by atoms with Crippen LogP contribution in [0.25, 0.3) is 0 Å². The van der Waals surface area contributed by atoms with Crippen molar-refractivity contribution in [2.75, 3.05) is 13.1 Å². The molecule has 9 nitrogen and oxygen atoms in total. The Balaban J connectivity index is 1.44. The average molecular weight is 443 g/mol. The molecule has 3 aromatic rings. The number of tetrazole rings is 1. The first-order chi connectivity index (χ1) is 14.9. The molecule has 0 spiro atoms. The standard InChI is InChI=1S/C21H26N6O3S/c1-21(2,3)30-20(28)26-11-9-15(10-12-26)18-23-17(13-31-18)19(27-14-22-24-25-27)29-16-7-5-4-6-8-16/h4-8,13-15,19H,9-12H2,1-3H3. The SMILES string of the molecule is CC(C)(C)OC(=O)N1CCC(c2nc(C(Oc3ccccc3)n3cnnn3)cs2)CC1. The minimum Gasteiger partial charge on any atom is -0.463 e. The first-order valence-electron chi connectivity index (χ1n) is 10.3. The van der Waals surface area contributed by atoms with Gasteiger partial charge in [-0.25, -0.2) is 9.78 Å². The number of rotatable bonds is 5. The van der Waals surface area contributed by atoms with E-state index in [9.17, 15) is 4.79 Å². The molecule has 1 aromatic carbocycles. The van der Waals surface area contributed by atoms with Crippen LogP contribution in [0.2, 0.25) is 0 Å². The van der Waals surface area contributed by atoms with Crippen molar-refractivity contribution in [3.8, 4) is 5.75 Å². The summed E-state index contributed by atoms with van der Waals surface area (Å²) in [6.45, 7) is 6.96. The number of aromatic nitrogens is 5. The van der Waals surface area contributed by atoms with Crippen molar-refractivity contribution in [1.29, 1.82) is 0 Å². The Bertz CT molecular complexity index is 978. The lowest BCUT2D eigenvalue weighted by Crippen LogP contribution is -2.41. The maximum Gasteiger partial charge on any atom is 0.410 e. The molecule has 1 aliphatic rings. The van der Waals surface area contributed by atoms with Crippen molar-refractivity contribution in [3.05, 3.63) is 52.7 Å². The second kappa shape index (κ2) is 9.01. The lowest BCUT2D eigenvalue weighted by molar-refractivity contribution is 0.0204. The number of carbonyl (C=O) groups is 1. The third kappa shape index (κ3) is 5.38. The van der Waals surface area contributed by atoms with E-state index in [4.69, 9.17) is 14.5 Å². The van der Waals surface area contributed by atoms with E-state index in [1.54, 1.807) is 20.9 Å². The predicted molar refractivity (Wildman–Crippen MR) is 115 cm³/mol. The van der Waals surface area contributed by atoms with Crippen molar-refractivity contribution < 1.29 is 14.3 Å². The number of para-hydroxylation sites is 1. The number of likely N-dealkylation sites (tertiary alicyclic amines) is 1. The maximum absolute atomic E-state index is 12.3. The number of hydrogen-bond donors (Lipinski definition) is 0. The summed E-state index contributed by atoms with van der Waals surface area (Å²) in [7, 11) is 0. The van der Waals surface area contributed by atoms with Gasteiger partial charge < -0.3 is 14.4 Å². The van der Waals surface area contributed by atoms with Crippen LogP contribution in [-0.4, -0.2) is 54.9 Å². The van der Waals surface area contributed by atoms with E-state index >= 15 is 0 Å². The number of hydrogen-bond acceptors (Lipinski definition) is 8. The van der Waals surface area contributed by atoms with E-state index in [0.717, 1.165) is 23.5 Å². The van der Waals surface area contributed by atoms with Crippen molar-refractivity contribution in [2.45, 2.75) is 51.4 Å². The van der Waals surface area contributed by atoms with Gasteiger partial charge in [0.15, 0.2) is 0 Å². The molecular weight excluding hydrogens is 416 g/mol. The van der Waals surface area contributed by atoms with Crippen LogP contribution in [0.3, 0.4) is 0 Å². The van der Waals surface area contributed by atoms with Crippen molar-refractivity contribution in [2.24, 2.45) is 0 Å². The quantitative estimate of drug-likeness (QED) is 0.592. The summed E-state index contributed by atoms with van der Waals surface area (Å²) in [5.74, 6) is 1.01. The monoisotopic (exact) mass is 442 g/mol. The molecule has 0 saturated carbocycles. The first-order valence-corrected chi connectivity index (χ1v) is 11.1. The van der Waals surface area contributed by atoms with Gasteiger partial charge in [-0.05, 0) is 56.2 Å². The molecule has 1 unspecified atom stereocenters. The minimum absolute atomic E-state index is 0.249. The Morgan fingerprint density at radius 2 is 1.94 bits per heavy atom. The Kier molecular flexibility index (Phi) is 6.17. The molecule has 1 fully saturated rings. The molecule has 0 radical (unpaired) electrons. The fourth-order valence-corrected chi connectivity index (χ4v) is 4.39. The second-order valence-corrected chi connectivity index (χ2v) is 9.32. The van der Waals surface area contributed by atoms with E-state index in [1.807, 2.05) is 56.5 Å². The fraction of sp³-hybridized carbons (Fsp3) is 0.476. The van der Waals surface area contributed by atoms with Gasteiger partial charge in [-0.2, -0.15) is 4.68 Å². The van der Waals surface area contributed by atoms with E-state index in [0.29, 0.717) is 24.8 Å². The summed E-state index contributed by atoms with van der Waals surface area (Å²) >= 11 is 1.60. The number of piperidine rings is 1. The zero-order valence-electron chi connectivity index (χ0n) is 17.8. The molecule has 0 aliphatic carbocycles. The second-order valence-electron chi connectivity index (χ2n) is 8.43. The molecule has 31 heavy (non-hydrogen) atoms. The third-order valence-electron chi connectivity index (χ3n) is 4.88. The van der Waals surface area contributed by atoms with Crippen molar-refractivity contribution in [1.82, 2.24) is 30.1 Å². The highest BCUT2D eigenvalue weighted by atomic mass is 32.1. The smallest absolute Gasteiger partial charge is 0.410 e. The summed E-state index contributed by atoms with van der Waals surface area (Å²) in [5, 5.41) is 14.5. The Morgan fingerprint density at radius 3 is 2.58 bits per heavy atom. The Labute approximate surface area is 185 Å². The molecule has 1 aliphatic heterocycles. The van der Waals surface area contributed by atoms with Crippen LogP contribution >= 0.6 is 11.3 Å². The summed E-state index contributed by atoms with van der Waals surface area (Å²) < 4.78 is 13.2. The van der Waals surface area contributed by atoms with Gasteiger partial charge >= 0.3 is 6.09 Å². The van der Waals surface area contributed by atoms with Crippen LogP contribution < -0.4 is 4.74 Å². The zero-order valence-corrected chi connectivity index (χ0v) is 18.7. The highest BCUT2D eigenvalue weighted by Gasteiger charge is 2.30. The van der Waals surface area contributed by atoms with Gasteiger partial charge in [-0.15, -0.1) is 16.4 Å². The highest BCUT2D eigenvalue weighted by Crippen LogP contribution is 2.33. The van der Waals surface area contributed by atoms with Crippen LogP contribution in [0.15, 0.2) is 42.0 Å². The normalized spacial score (nSPS) is 16.2. The average Bonchev–Trinajstić information content (AvgIpc) is 3.44. The topological polar surface area (TPSA) is 95.3 Å². The molecular formula is C21H26N6O3S. The minimum atomic E-state index is -0.552. The van der Waals surface area contributed by atoms with Crippen molar-refractivity contribution in [3.63, 3.8) is 0 Å². The van der Waals surface area contributed by atoms with Crippen LogP contribution in [-0.2, 0) is 4.74 Å². The Morgan fingerprint density at radius 1 is 1.19 bits per heavy atom. The van der Waals surface area contributed by atoms with Crippen LogP contribution in [0.1, 0.15) is 56.5 Å². The largest absolute Gasteiger partial charge is 0.463 e. The van der Waals surface area contributed by atoms with E-state index < -0.39 is 11.8 Å². The van der Waals surface area contributed by atoms with Gasteiger partial charge in [0.25, 0.3) is 0 Å². The lowest BCUT2D eigenvalue weighted by Gasteiger charge is -2.32. The highest BCUT2D eigenvalue weighted by molar-refractivity contribution is 7.09. The molecule has 10 heteroatoms. The number of benzene rings is 1. The van der Waals surface area contributed by atoms with Gasteiger partial charge in [-0.1, -0.05) is 18.2 Å². The van der Waals surface area contributed by atoms with Crippen molar-refractivity contribution >= 4 is 17.4 Å². The molecule has 164 valence electrons. The molecule has 0 bridgehead atoms. The first kappa shape index (κ1) is 21.2. The molecule has 3 heterocycles. The third-order valence-corrected chi connectivity index (χ3v) is 5.91. The van der Waals surface area contributed by atoms with Crippen LogP contribution in [0.5, 0.6) is 5.75 Å².